The van der Waals surface area contributed by atoms with Crippen molar-refractivity contribution in [2.45, 2.75) is 24.3 Å². The topological polar surface area (TPSA) is 12.5 Å². The van der Waals surface area contributed by atoms with Crippen LogP contribution in [0.4, 0.5) is 0 Å². The molecule has 0 radical (unpaired) electrons. The van der Waals surface area contributed by atoms with Gasteiger partial charge in [-0.15, -0.1) is 11.8 Å². The third-order valence-corrected chi connectivity index (χ3v) is 4.34. The molecule has 2 rings (SSSR count). The normalized spacial score (nSPS) is 18.3. The minimum atomic E-state index is 0.0979. The highest BCUT2D eigenvalue weighted by Crippen LogP contribution is 2.29. The molecule has 1 saturated heterocycles. The molecular weight excluding hydrogens is 230 g/mol. The Hall–Kier alpha value is -0.510. The molecule has 94 valence electrons. The van der Waals surface area contributed by atoms with Gasteiger partial charge in [-0.2, -0.15) is 0 Å². The second-order valence-electron chi connectivity index (χ2n) is 4.89. The van der Waals surface area contributed by atoms with Gasteiger partial charge in [-0.25, -0.2) is 0 Å². The van der Waals surface area contributed by atoms with Gasteiger partial charge in [-0.3, -0.25) is 4.90 Å². The highest BCUT2D eigenvalue weighted by Gasteiger charge is 2.29. The van der Waals surface area contributed by atoms with E-state index in [-0.39, 0.29) is 5.54 Å². The lowest BCUT2D eigenvalue weighted by molar-refractivity contribution is -0.0118. The number of benzene rings is 1. The molecule has 1 aliphatic rings. The number of rotatable bonds is 3. The Morgan fingerprint density at radius 1 is 1.12 bits per heavy atom. The number of hydrogen-bond acceptors (Lipinski definition) is 3. The Balaban J connectivity index is 2.17. The zero-order valence-electron chi connectivity index (χ0n) is 10.9. The molecule has 0 bridgehead atoms. The maximum absolute atomic E-state index is 5.42. The van der Waals surface area contributed by atoms with E-state index < -0.39 is 0 Å². The molecule has 0 aromatic heterocycles. The molecule has 17 heavy (non-hydrogen) atoms. The van der Waals surface area contributed by atoms with Gasteiger partial charge in [0, 0.05) is 23.5 Å². The fourth-order valence-electron chi connectivity index (χ4n) is 2.30. The van der Waals surface area contributed by atoms with Crippen LogP contribution < -0.4 is 0 Å². The number of thioether (sulfide) groups is 1. The van der Waals surface area contributed by atoms with E-state index in [1.165, 1.54) is 10.5 Å². The van der Waals surface area contributed by atoms with Gasteiger partial charge >= 0.3 is 0 Å². The molecule has 1 heterocycles. The molecule has 0 amide bonds. The molecule has 1 fully saturated rings. The molecule has 0 aliphatic carbocycles. The van der Waals surface area contributed by atoms with E-state index in [9.17, 15) is 0 Å². The highest BCUT2D eigenvalue weighted by molar-refractivity contribution is 7.98. The number of nitrogens with zero attached hydrogens (tertiary/aromatic N) is 1. The summed E-state index contributed by atoms with van der Waals surface area (Å²) in [7, 11) is 0. The molecular formula is C14H21NOS. The lowest BCUT2D eigenvalue weighted by Crippen LogP contribution is -2.47. The van der Waals surface area contributed by atoms with Crippen LogP contribution in [0.1, 0.15) is 19.4 Å². The summed E-state index contributed by atoms with van der Waals surface area (Å²) < 4.78 is 5.42. The van der Waals surface area contributed by atoms with Crippen LogP contribution in [0.2, 0.25) is 0 Å². The summed E-state index contributed by atoms with van der Waals surface area (Å²) in [5, 5.41) is 0. The van der Waals surface area contributed by atoms with Crippen LogP contribution in [0.5, 0.6) is 0 Å². The summed E-state index contributed by atoms with van der Waals surface area (Å²) >= 11 is 1.79. The monoisotopic (exact) mass is 251 g/mol. The number of hydrogen-bond donors (Lipinski definition) is 0. The third kappa shape index (κ3) is 2.84. The van der Waals surface area contributed by atoms with Gasteiger partial charge in [0.15, 0.2) is 0 Å². The van der Waals surface area contributed by atoms with Gasteiger partial charge < -0.3 is 4.74 Å². The fraction of sp³-hybridized carbons (Fsp3) is 0.571. The molecule has 1 aromatic rings. The minimum absolute atomic E-state index is 0.0979. The summed E-state index contributed by atoms with van der Waals surface area (Å²) in [6.45, 7) is 8.35. The number of morpholine rings is 1. The molecule has 1 aromatic carbocycles. The Labute approximate surface area is 108 Å². The van der Waals surface area contributed by atoms with Gasteiger partial charge in [-0.05, 0) is 37.8 Å². The molecule has 0 atom stereocenters. The molecule has 2 nitrogen and oxygen atoms in total. The smallest absolute Gasteiger partial charge is 0.0594 e. The van der Waals surface area contributed by atoms with E-state index in [4.69, 9.17) is 4.74 Å². The minimum Gasteiger partial charge on any atom is -0.379 e. The first-order valence-electron chi connectivity index (χ1n) is 6.12. The Bertz CT molecular complexity index is 355. The van der Waals surface area contributed by atoms with Crippen molar-refractivity contribution in [2.24, 2.45) is 0 Å². The summed E-state index contributed by atoms with van der Waals surface area (Å²) in [5.41, 5.74) is 1.48. The van der Waals surface area contributed by atoms with E-state index >= 15 is 0 Å². The lowest BCUT2D eigenvalue weighted by atomic mass is 9.92. The highest BCUT2D eigenvalue weighted by atomic mass is 32.2. The summed E-state index contributed by atoms with van der Waals surface area (Å²) in [4.78, 5) is 3.83. The van der Waals surface area contributed by atoms with E-state index in [1.807, 2.05) is 0 Å². The SMILES string of the molecule is CSc1ccc(C(C)(C)N2CCOCC2)cc1. The second kappa shape index (κ2) is 5.42. The summed E-state index contributed by atoms with van der Waals surface area (Å²) in [6, 6.07) is 8.92. The van der Waals surface area contributed by atoms with Gasteiger partial charge in [-0.1, -0.05) is 12.1 Å². The predicted octanol–water partition coefficient (Wildman–Crippen LogP) is 2.98. The van der Waals surface area contributed by atoms with Crippen molar-refractivity contribution in [1.29, 1.82) is 0 Å². The standard InChI is InChI=1S/C14H21NOS/c1-14(2,15-8-10-16-11-9-15)12-4-6-13(17-3)7-5-12/h4-7H,8-11H2,1-3H3. The van der Waals surface area contributed by atoms with Crippen LogP contribution in [0, 0.1) is 0 Å². The van der Waals surface area contributed by atoms with E-state index in [0.29, 0.717) is 0 Å². The first kappa shape index (κ1) is 12.9. The molecule has 1 aliphatic heterocycles. The van der Waals surface area contributed by atoms with Crippen LogP contribution in [0.15, 0.2) is 29.2 Å². The third-order valence-electron chi connectivity index (χ3n) is 3.60. The van der Waals surface area contributed by atoms with Crippen LogP contribution in [-0.2, 0) is 10.3 Å². The van der Waals surface area contributed by atoms with Crippen molar-refractivity contribution < 1.29 is 4.74 Å². The second-order valence-corrected chi connectivity index (χ2v) is 5.77. The maximum atomic E-state index is 5.42. The summed E-state index contributed by atoms with van der Waals surface area (Å²) in [5.74, 6) is 0. The van der Waals surface area contributed by atoms with E-state index in [1.54, 1.807) is 11.8 Å². The molecule has 3 heteroatoms. The first-order chi connectivity index (χ1) is 8.14. The Morgan fingerprint density at radius 3 is 2.24 bits per heavy atom. The van der Waals surface area contributed by atoms with Crippen molar-refractivity contribution in [2.75, 3.05) is 32.6 Å². The average Bonchev–Trinajstić information content (AvgIpc) is 2.40. The van der Waals surface area contributed by atoms with Crippen molar-refractivity contribution in [3.8, 4) is 0 Å². The maximum Gasteiger partial charge on any atom is 0.0594 e. The van der Waals surface area contributed by atoms with Crippen molar-refractivity contribution in [3.05, 3.63) is 29.8 Å². The largest absolute Gasteiger partial charge is 0.379 e. The molecule has 0 N–H and O–H groups in total. The van der Waals surface area contributed by atoms with Crippen molar-refractivity contribution >= 4 is 11.8 Å². The van der Waals surface area contributed by atoms with Gasteiger partial charge in [0.1, 0.15) is 0 Å². The first-order valence-corrected chi connectivity index (χ1v) is 7.34. The zero-order chi connectivity index (χ0) is 12.3. The van der Waals surface area contributed by atoms with Gasteiger partial charge in [0.05, 0.1) is 13.2 Å². The van der Waals surface area contributed by atoms with Crippen LogP contribution in [0.3, 0.4) is 0 Å². The van der Waals surface area contributed by atoms with Crippen LogP contribution in [-0.4, -0.2) is 37.5 Å². The summed E-state index contributed by atoms with van der Waals surface area (Å²) in [6.07, 6.45) is 2.11. The predicted molar refractivity (Wildman–Crippen MR) is 73.6 cm³/mol. The van der Waals surface area contributed by atoms with Gasteiger partial charge in [0.25, 0.3) is 0 Å². The van der Waals surface area contributed by atoms with E-state index in [2.05, 4.69) is 49.3 Å². The fourth-order valence-corrected chi connectivity index (χ4v) is 2.71. The van der Waals surface area contributed by atoms with E-state index in [0.717, 1.165) is 26.3 Å². The Morgan fingerprint density at radius 2 is 1.71 bits per heavy atom. The van der Waals surface area contributed by atoms with Crippen molar-refractivity contribution in [3.63, 3.8) is 0 Å². The Kier molecular flexibility index (Phi) is 4.13. The quantitative estimate of drug-likeness (QED) is 0.766. The molecule has 0 spiro atoms. The molecule has 0 saturated carbocycles. The molecule has 0 unspecified atom stereocenters. The zero-order valence-corrected chi connectivity index (χ0v) is 11.7. The van der Waals surface area contributed by atoms with Crippen LogP contribution >= 0.6 is 11.8 Å². The lowest BCUT2D eigenvalue weighted by Gasteiger charge is -2.41. The average molecular weight is 251 g/mol. The van der Waals surface area contributed by atoms with Crippen LogP contribution in [0.25, 0.3) is 0 Å². The van der Waals surface area contributed by atoms with Crippen molar-refractivity contribution in [1.82, 2.24) is 4.90 Å². The van der Waals surface area contributed by atoms with Gasteiger partial charge in [0.2, 0.25) is 0 Å². The number of ether oxygens (including phenoxy) is 1.